The van der Waals surface area contributed by atoms with Gasteiger partial charge in [-0.25, -0.2) is 0 Å². The fraction of sp³-hybridized carbons (Fsp3) is 0.250. The van der Waals surface area contributed by atoms with Gasteiger partial charge in [0.15, 0.2) is 0 Å². The first-order chi connectivity index (χ1) is 13.5. The van der Waals surface area contributed by atoms with Crippen LogP contribution in [0, 0.1) is 13.8 Å². The molecule has 144 valence electrons. The summed E-state index contributed by atoms with van der Waals surface area (Å²) in [4.78, 5) is 16.3. The molecule has 3 rings (SSSR count). The third kappa shape index (κ3) is 5.19. The number of rotatable bonds is 7. The number of amides is 1. The molecule has 4 heteroatoms. The summed E-state index contributed by atoms with van der Waals surface area (Å²) < 4.78 is 0. The van der Waals surface area contributed by atoms with Gasteiger partial charge in [0.05, 0.1) is 6.04 Å². The Morgan fingerprint density at radius 2 is 1.64 bits per heavy atom. The Morgan fingerprint density at radius 3 is 2.36 bits per heavy atom. The van der Waals surface area contributed by atoms with Gasteiger partial charge >= 0.3 is 0 Å². The molecule has 0 aliphatic heterocycles. The smallest absolute Gasteiger partial charge is 0.217 e. The van der Waals surface area contributed by atoms with E-state index in [9.17, 15) is 4.79 Å². The molecule has 1 amide bonds. The molecule has 0 saturated carbocycles. The Balaban J connectivity index is 1.79. The maximum Gasteiger partial charge on any atom is 0.217 e. The number of benzene rings is 2. The van der Waals surface area contributed by atoms with Crippen molar-refractivity contribution in [1.29, 1.82) is 0 Å². The molecule has 0 spiro atoms. The maximum absolute atomic E-state index is 11.7. The van der Waals surface area contributed by atoms with E-state index in [1.54, 1.807) is 6.92 Å². The van der Waals surface area contributed by atoms with E-state index in [2.05, 4.69) is 45.9 Å². The third-order valence-corrected chi connectivity index (χ3v) is 4.71. The number of hydrogen-bond acceptors (Lipinski definition) is 3. The van der Waals surface area contributed by atoms with Gasteiger partial charge in [0, 0.05) is 41.7 Å². The van der Waals surface area contributed by atoms with Crippen LogP contribution in [-0.2, 0) is 11.2 Å². The van der Waals surface area contributed by atoms with Crippen molar-refractivity contribution in [3.05, 3.63) is 83.7 Å². The zero-order chi connectivity index (χ0) is 19.9. The molecule has 28 heavy (non-hydrogen) atoms. The van der Waals surface area contributed by atoms with Crippen molar-refractivity contribution in [1.82, 2.24) is 10.3 Å². The van der Waals surface area contributed by atoms with Crippen molar-refractivity contribution in [3.8, 4) is 11.1 Å². The predicted molar refractivity (Wildman–Crippen MR) is 115 cm³/mol. The molecular weight excluding hydrogens is 346 g/mol. The summed E-state index contributed by atoms with van der Waals surface area (Å²) in [7, 11) is 0. The normalized spacial score (nSPS) is 11.7. The molecule has 2 N–H and O–H groups in total. The van der Waals surface area contributed by atoms with Crippen LogP contribution in [-0.4, -0.2) is 23.5 Å². The summed E-state index contributed by atoms with van der Waals surface area (Å²) in [6.45, 7) is 6.24. The van der Waals surface area contributed by atoms with Crippen molar-refractivity contribution in [2.45, 2.75) is 33.2 Å². The van der Waals surface area contributed by atoms with E-state index in [-0.39, 0.29) is 11.9 Å². The highest BCUT2D eigenvalue weighted by molar-refractivity contribution is 5.79. The second kappa shape index (κ2) is 9.18. The number of anilines is 1. The number of aryl methyl sites for hydroxylation is 2. The number of nitrogens with one attached hydrogen (secondary N) is 2. The lowest BCUT2D eigenvalue weighted by molar-refractivity contribution is -0.119. The molecule has 3 aromatic rings. The van der Waals surface area contributed by atoms with Crippen LogP contribution >= 0.6 is 0 Å². The molecule has 0 radical (unpaired) electrons. The van der Waals surface area contributed by atoms with Gasteiger partial charge in [-0.15, -0.1) is 0 Å². The highest BCUT2D eigenvalue weighted by atomic mass is 16.1. The Labute approximate surface area is 167 Å². The molecule has 0 saturated heterocycles. The second-order valence-electron chi connectivity index (χ2n) is 7.10. The van der Waals surface area contributed by atoms with Crippen LogP contribution in [0.25, 0.3) is 11.1 Å². The van der Waals surface area contributed by atoms with Gasteiger partial charge in [0.25, 0.3) is 0 Å². The lowest BCUT2D eigenvalue weighted by Crippen LogP contribution is -2.40. The number of carbonyl (C=O) groups is 1. The van der Waals surface area contributed by atoms with Crippen LogP contribution in [0.4, 0.5) is 5.69 Å². The van der Waals surface area contributed by atoms with Crippen molar-refractivity contribution < 1.29 is 4.79 Å². The van der Waals surface area contributed by atoms with E-state index >= 15 is 0 Å². The average Bonchev–Trinajstić information content (AvgIpc) is 2.67. The average molecular weight is 374 g/mol. The van der Waals surface area contributed by atoms with Crippen molar-refractivity contribution >= 4 is 11.6 Å². The van der Waals surface area contributed by atoms with E-state index in [1.165, 1.54) is 5.56 Å². The number of pyridine rings is 1. The minimum atomic E-state index is -0.0189. The summed E-state index contributed by atoms with van der Waals surface area (Å²) in [6, 6.07) is 22.6. The van der Waals surface area contributed by atoms with Crippen LogP contribution in [0.5, 0.6) is 0 Å². The Morgan fingerprint density at radius 1 is 0.929 bits per heavy atom. The van der Waals surface area contributed by atoms with Crippen molar-refractivity contribution in [2.24, 2.45) is 0 Å². The highest BCUT2D eigenvalue weighted by Gasteiger charge is 2.13. The Bertz CT molecular complexity index is 938. The van der Waals surface area contributed by atoms with Crippen molar-refractivity contribution in [2.75, 3.05) is 11.9 Å². The fourth-order valence-corrected chi connectivity index (χ4v) is 3.44. The number of aromatic nitrogens is 1. The first kappa shape index (κ1) is 19.6. The van der Waals surface area contributed by atoms with Gasteiger partial charge in [0.2, 0.25) is 5.91 Å². The Kier molecular flexibility index (Phi) is 6.43. The summed E-state index contributed by atoms with van der Waals surface area (Å²) in [6.07, 6.45) is 0.778. The van der Waals surface area contributed by atoms with Gasteiger partial charge in [0.1, 0.15) is 0 Å². The molecule has 0 bridgehead atoms. The molecule has 1 unspecified atom stereocenters. The first-order valence-electron chi connectivity index (χ1n) is 9.61. The van der Waals surface area contributed by atoms with Crippen LogP contribution in [0.2, 0.25) is 0 Å². The van der Waals surface area contributed by atoms with E-state index in [1.807, 2.05) is 50.2 Å². The zero-order valence-corrected chi connectivity index (χ0v) is 16.7. The number of para-hydroxylation sites is 1. The molecule has 4 nitrogen and oxygen atoms in total. The van der Waals surface area contributed by atoms with Gasteiger partial charge in [-0.2, -0.15) is 0 Å². The van der Waals surface area contributed by atoms with Gasteiger partial charge in [-0.3, -0.25) is 9.78 Å². The monoisotopic (exact) mass is 373 g/mol. The minimum Gasteiger partial charge on any atom is -0.382 e. The standard InChI is InChI=1S/C24H27N3O/c1-17-13-14-22(18(2)26-17)23-11-7-8-12-24(23)25-16-21(27-19(3)28)15-20-9-5-4-6-10-20/h4-14,21,25H,15-16H2,1-3H3,(H,27,28). The lowest BCUT2D eigenvalue weighted by Gasteiger charge is -2.21. The largest absolute Gasteiger partial charge is 0.382 e. The molecule has 1 aromatic heterocycles. The summed E-state index contributed by atoms with van der Waals surface area (Å²) in [5, 5.41) is 6.60. The summed E-state index contributed by atoms with van der Waals surface area (Å²) >= 11 is 0. The summed E-state index contributed by atoms with van der Waals surface area (Å²) in [5.74, 6) is -0.0189. The topological polar surface area (TPSA) is 54.0 Å². The lowest BCUT2D eigenvalue weighted by atomic mass is 10.0. The molecule has 0 fully saturated rings. The van der Waals surface area contributed by atoms with E-state index < -0.39 is 0 Å². The van der Waals surface area contributed by atoms with Gasteiger partial charge < -0.3 is 10.6 Å². The quantitative estimate of drug-likeness (QED) is 0.640. The molecular formula is C24H27N3O. The number of nitrogens with zero attached hydrogens (tertiary/aromatic N) is 1. The number of hydrogen-bond donors (Lipinski definition) is 2. The molecule has 2 aromatic carbocycles. The summed E-state index contributed by atoms with van der Waals surface area (Å²) in [5.41, 5.74) is 6.51. The zero-order valence-electron chi connectivity index (χ0n) is 16.7. The number of carbonyl (C=O) groups excluding carboxylic acids is 1. The third-order valence-electron chi connectivity index (χ3n) is 4.71. The van der Waals surface area contributed by atoms with Gasteiger partial charge in [-0.05, 0) is 38.0 Å². The SMILES string of the molecule is CC(=O)NC(CNc1ccccc1-c1ccc(C)nc1C)Cc1ccccc1. The molecule has 0 aliphatic rings. The van der Waals surface area contributed by atoms with Crippen LogP contribution in [0.1, 0.15) is 23.9 Å². The van der Waals surface area contributed by atoms with Crippen LogP contribution in [0.15, 0.2) is 66.7 Å². The second-order valence-corrected chi connectivity index (χ2v) is 7.10. The Hall–Kier alpha value is -3.14. The highest BCUT2D eigenvalue weighted by Crippen LogP contribution is 2.29. The first-order valence-corrected chi connectivity index (χ1v) is 9.61. The maximum atomic E-state index is 11.7. The van der Waals surface area contributed by atoms with E-state index in [0.29, 0.717) is 6.54 Å². The van der Waals surface area contributed by atoms with E-state index in [0.717, 1.165) is 34.6 Å². The molecule has 1 atom stereocenters. The van der Waals surface area contributed by atoms with Gasteiger partial charge in [-0.1, -0.05) is 54.6 Å². The minimum absolute atomic E-state index is 0.00481. The fourth-order valence-electron chi connectivity index (χ4n) is 3.44. The molecule has 1 heterocycles. The molecule has 0 aliphatic carbocycles. The van der Waals surface area contributed by atoms with Crippen LogP contribution in [0.3, 0.4) is 0 Å². The predicted octanol–water partition coefficient (Wildman–Crippen LogP) is 4.52. The van der Waals surface area contributed by atoms with Crippen LogP contribution < -0.4 is 10.6 Å². The van der Waals surface area contributed by atoms with Crippen molar-refractivity contribution in [3.63, 3.8) is 0 Å². The van der Waals surface area contributed by atoms with E-state index in [4.69, 9.17) is 0 Å².